The molecule has 12 heteroatoms. The van der Waals surface area contributed by atoms with Gasteiger partial charge in [-0.3, -0.25) is 14.2 Å². The first-order valence-electron chi connectivity index (χ1n) is 13.0. The van der Waals surface area contributed by atoms with E-state index in [2.05, 4.69) is 25.4 Å². The van der Waals surface area contributed by atoms with Gasteiger partial charge in [-0.1, -0.05) is 12.1 Å². The summed E-state index contributed by atoms with van der Waals surface area (Å²) in [7, 11) is 0. The molecule has 11 nitrogen and oxygen atoms in total. The Labute approximate surface area is 223 Å². The van der Waals surface area contributed by atoms with Gasteiger partial charge < -0.3 is 15.4 Å². The number of benzene rings is 1. The van der Waals surface area contributed by atoms with E-state index in [1.165, 1.54) is 34.0 Å². The number of nitrogens with one attached hydrogen (secondary N) is 2. The van der Waals surface area contributed by atoms with E-state index >= 15 is 0 Å². The molecule has 2 aliphatic heterocycles. The standard InChI is InChI=1S/C27H29FN8O3/c1-26(2,36-15-29-14-31-36)25(39)34-27-9-7-17(8-10-27)13-35-23(38)21(37)20(33-24(27)35)22-30-12-19(32-22)11-16-3-5-18(28)6-4-16/h3-6,12,14-15,17,37H,7-11,13H2,1-2H3,(H,30,32)(H,34,39). The van der Waals surface area contributed by atoms with Gasteiger partial charge in [0.15, 0.2) is 11.5 Å². The minimum Gasteiger partial charge on any atom is -0.501 e. The fourth-order valence-electron chi connectivity index (χ4n) is 5.62. The summed E-state index contributed by atoms with van der Waals surface area (Å²) in [5, 5.41) is 18.3. The minimum atomic E-state index is -1.03. The van der Waals surface area contributed by atoms with E-state index in [0.29, 0.717) is 37.3 Å². The van der Waals surface area contributed by atoms with Crippen molar-refractivity contribution in [3.63, 3.8) is 0 Å². The number of aromatic nitrogens is 7. The van der Waals surface area contributed by atoms with Crippen molar-refractivity contribution in [1.29, 1.82) is 0 Å². The Kier molecular flexibility index (Phi) is 5.85. The van der Waals surface area contributed by atoms with Crippen LogP contribution in [0, 0.1) is 11.7 Å². The van der Waals surface area contributed by atoms with Gasteiger partial charge in [-0.2, -0.15) is 5.10 Å². The third-order valence-electron chi connectivity index (χ3n) is 8.03. The fourth-order valence-corrected chi connectivity index (χ4v) is 5.62. The van der Waals surface area contributed by atoms with Crippen LogP contribution in [0.2, 0.25) is 0 Å². The lowest BCUT2D eigenvalue weighted by Crippen LogP contribution is -2.55. The van der Waals surface area contributed by atoms with E-state index in [-0.39, 0.29) is 29.2 Å². The topological polar surface area (TPSA) is 144 Å². The predicted octanol–water partition coefficient (Wildman–Crippen LogP) is 2.61. The Bertz CT molecular complexity index is 1580. The molecule has 0 spiro atoms. The number of fused-ring (bicyclic) bond motifs is 2. The number of carbonyl (C=O) groups excluding carboxylic acids is 1. The molecule has 39 heavy (non-hydrogen) atoms. The molecule has 1 fully saturated rings. The normalized spacial score (nSPS) is 20.4. The maximum Gasteiger partial charge on any atom is 0.296 e. The lowest BCUT2D eigenvalue weighted by Gasteiger charge is -2.39. The summed E-state index contributed by atoms with van der Waals surface area (Å²) in [6.45, 7) is 3.93. The van der Waals surface area contributed by atoms with Crippen LogP contribution >= 0.6 is 0 Å². The highest BCUT2D eigenvalue weighted by Crippen LogP contribution is 2.44. The summed E-state index contributed by atoms with van der Waals surface area (Å²) >= 11 is 0. The SMILES string of the molecule is CC(C)(C(=O)NC12CCC(CC1)Cn1c2nc(-c2ncc(Cc3ccc(F)cc3)[nH]2)c(O)c1=O)n1cncn1. The van der Waals surface area contributed by atoms with Crippen LogP contribution in [0.1, 0.15) is 56.6 Å². The average Bonchev–Trinajstić information content (AvgIpc) is 3.58. The number of amides is 1. The number of hydrogen-bond donors (Lipinski definition) is 3. The number of aromatic hydroxyl groups is 1. The largest absolute Gasteiger partial charge is 0.501 e. The summed E-state index contributed by atoms with van der Waals surface area (Å²) < 4.78 is 16.3. The van der Waals surface area contributed by atoms with Gasteiger partial charge in [-0.25, -0.2) is 24.0 Å². The molecular weight excluding hydrogens is 503 g/mol. The molecule has 202 valence electrons. The molecular formula is C27H29FN8O3. The van der Waals surface area contributed by atoms with Crippen molar-refractivity contribution in [1.82, 2.24) is 39.6 Å². The molecule has 3 aliphatic rings. The number of rotatable bonds is 6. The molecule has 0 radical (unpaired) electrons. The van der Waals surface area contributed by atoms with Gasteiger partial charge in [-0.15, -0.1) is 0 Å². The van der Waals surface area contributed by atoms with Crippen molar-refractivity contribution in [2.24, 2.45) is 5.92 Å². The van der Waals surface area contributed by atoms with E-state index in [9.17, 15) is 19.1 Å². The molecule has 1 saturated carbocycles. The van der Waals surface area contributed by atoms with Crippen molar-refractivity contribution in [3.8, 4) is 17.3 Å². The zero-order chi connectivity index (χ0) is 27.4. The van der Waals surface area contributed by atoms with Gasteiger partial charge >= 0.3 is 0 Å². The van der Waals surface area contributed by atoms with Crippen LogP contribution < -0.4 is 10.9 Å². The molecule has 0 unspecified atom stereocenters. The van der Waals surface area contributed by atoms with Crippen LogP contribution in [-0.2, 0) is 28.8 Å². The molecule has 1 aliphatic carbocycles. The van der Waals surface area contributed by atoms with Crippen LogP contribution in [0.5, 0.6) is 5.75 Å². The quantitative estimate of drug-likeness (QED) is 0.346. The van der Waals surface area contributed by atoms with Gasteiger partial charge in [-0.05, 0) is 63.1 Å². The summed E-state index contributed by atoms with van der Waals surface area (Å²) in [6, 6.07) is 6.15. The second-order valence-corrected chi connectivity index (χ2v) is 11.0. The molecule has 4 aromatic rings. The summed E-state index contributed by atoms with van der Waals surface area (Å²) in [5.41, 5.74) is -0.866. The highest BCUT2D eigenvalue weighted by atomic mass is 19.1. The summed E-state index contributed by atoms with van der Waals surface area (Å²) in [5.74, 6) is -0.179. The number of nitrogens with zero attached hydrogens (tertiary/aromatic N) is 6. The van der Waals surface area contributed by atoms with E-state index in [1.807, 2.05) is 0 Å². The van der Waals surface area contributed by atoms with Crippen molar-refractivity contribution < 1.29 is 14.3 Å². The van der Waals surface area contributed by atoms with E-state index < -0.39 is 22.4 Å². The number of H-pyrrole nitrogens is 1. The average molecular weight is 533 g/mol. The van der Waals surface area contributed by atoms with E-state index in [0.717, 1.165) is 18.4 Å². The molecule has 0 saturated heterocycles. The Balaban J connectivity index is 1.39. The van der Waals surface area contributed by atoms with Gasteiger partial charge in [0.05, 0.1) is 5.54 Å². The maximum absolute atomic E-state index is 13.6. The second kappa shape index (κ2) is 9.14. The molecule has 3 N–H and O–H groups in total. The van der Waals surface area contributed by atoms with Crippen molar-refractivity contribution in [3.05, 3.63) is 76.4 Å². The fraction of sp³-hybridized carbons (Fsp3) is 0.407. The molecule has 5 heterocycles. The van der Waals surface area contributed by atoms with E-state index in [1.54, 1.807) is 32.2 Å². The number of aromatic amines is 1. The van der Waals surface area contributed by atoms with Crippen LogP contribution in [0.15, 0.2) is 47.9 Å². The van der Waals surface area contributed by atoms with Crippen LogP contribution in [0.4, 0.5) is 4.39 Å². The number of halogens is 1. The first-order chi connectivity index (χ1) is 18.7. The Morgan fingerprint density at radius 2 is 2.00 bits per heavy atom. The third kappa shape index (κ3) is 4.29. The Hall–Kier alpha value is -4.35. The third-order valence-corrected chi connectivity index (χ3v) is 8.03. The van der Waals surface area contributed by atoms with Crippen molar-refractivity contribution in [2.45, 2.75) is 63.6 Å². The first-order valence-corrected chi connectivity index (χ1v) is 13.0. The first kappa shape index (κ1) is 25.0. The lowest BCUT2D eigenvalue weighted by molar-refractivity contribution is -0.131. The van der Waals surface area contributed by atoms with Crippen molar-refractivity contribution >= 4 is 5.91 Å². The Morgan fingerprint density at radius 3 is 2.69 bits per heavy atom. The monoisotopic (exact) mass is 532 g/mol. The minimum absolute atomic E-state index is 0.0334. The molecule has 3 aromatic heterocycles. The Morgan fingerprint density at radius 1 is 1.26 bits per heavy atom. The molecule has 2 bridgehead atoms. The number of imidazole rings is 1. The lowest BCUT2D eigenvalue weighted by atomic mass is 9.77. The molecule has 7 rings (SSSR count). The van der Waals surface area contributed by atoms with Crippen molar-refractivity contribution in [2.75, 3.05) is 0 Å². The number of carbonyl (C=O) groups is 1. The highest BCUT2D eigenvalue weighted by Gasteiger charge is 2.47. The van der Waals surface area contributed by atoms with Crippen LogP contribution in [0.3, 0.4) is 0 Å². The summed E-state index contributed by atoms with van der Waals surface area (Å²) in [6.07, 6.45) is 7.78. The zero-order valence-electron chi connectivity index (χ0n) is 21.7. The second-order valence-electron chi connectivity index (χ2n) is 11.0. The highest BCUT2D eigenvalue weighted by molar-refractivity contribution is 5.84. The zero-order valence-corrected chi connectivity index (χ0v) is 21.7. The van der Waals surface area contributed by atoms with Gasteiger partial charge in [0.2, 0.25) is 11.7 Å². The van der Waals surface area contributed by atoms with Gasteiger partial charge in [0.1, 0.15) is 29.8 Å². The van der Waals surface area contributed by atoms with Crippen LogP contribution in [-0.4, -0.2) is 45.3 Å². The smallest absolute Gasteiger partial charge is 0.296 e. The van der Waals surface area contributed by atoms with Crippen LogP contribution in [0.25, 0.3) is 11.5 Å². The summed E-state index contributed by atoms with van der Waals surface area (Å²) in [4.78, 5) is 43.4. The van der Waals surface area contributed by atoms with E-state index in [4.69, 9.17) is 4.98 Å². The molecule has 0 atom stereocenters. The van der Waals surface area contributed by atoms with Gasteiger partial charge in [0, 0.05) is 24.9 Å². The maximum atomic E-state index is 13.6. The molecule has 1 aromatic carbocycles. The predicted molar refractivity (Wildman–Crippen MR) is 138 cm³/mol. The van der Waals surface area contributed by atoms with Gasteiger partial charge in [0.25, 0.3) is 5.56 Å². The molecule has 1 amide bonds. The number of hydrogen-bond acceptors (Lipinski definition) is 7.